The maximum Gasteiger partial charge on any atom is 0.291 e. The van der Waals surface area contributed by atoms with Crippen LogP contribution in [-0.4, -0.2) is 77.5 Å². The largest absolute Gasteiger partial charge is 0.355 e. The van der Waals surface area contributed by atoms with Crippen LogP contribution in [0.1, 0.15) is 48.1 Å². The third kappa shape index (κ3) is 3.83. The van der Waals surface area contributed by atoms with Crippen molar-refractivity contribution in [2.45, 2.75) is 52.1 Å². The summed E-state index contributed by atoms with van der Waals surface area (Å²) >= 11 is 0. The first-order chi connectivity index (χ1) is 12.4. The third-order valence-corrected chi connectivity index (χ3v) is 5.95. The average Bonchev–Trinajstić information content (AvgIpc) is 3.08. The number of hydrogen-bond acceptors (Lipinski definition) is 6. The Balaban J connectivity index is 1.77. The van der Waals surface area contributed by atoms with Gasteiger partial charge in [-0.15, -0.1) is 0 Å². The molecule has 1 atom stereocenters. The van der Waals surface area contributed by atoms with E-state index in [1.807, 2.05) is 25.8 Å². The van der Waals surface area contributed by atoms with E-state index in [1.165, 1.54) is 0 Å². The fraction of sp³-hybridized carbons (Fsp3) is 0.737. The Morgan fingerprint density at radius 3 is 2.46 bits per heavy atom. The molecule has 2 fully saturated rings. The SMILES string of the molecule is CCN1CCC(N(C)C(=O)c2nc(C)c(C)c(N3CC[C@@H](N)C3)n2)CC1. The van der Waals surface area contributed by atoms with Crippen molar-refractivity contribution in [3.63, 3.8) is 0 Å². The van der Waals surface area contributed by atoms with Gasteiger partial charge in [-0.2, -0.15) is 0 Å². The Morgan fingerprint density at radius 2 is 1.88 bits per heavy atom. The highest BCUT2D eigenvalue weighted by Gasteiger charge is 2.29. The van der Waals surface area contributed by atoms with Crippen molar-refractivity contribution < 1.29 is 4.79 Å². The molecule has 1 aromatic heterocycles. The summed E-state index contributed by atoms with van der Waals surface area (Å²) in [6.45, 7) is 11.0. The van der Waals surface area contributed by atoms with E-state index in [9.17, 15) is 4.79 Å². The topological polar surface area (TPSA) is 78.6 Å². The van der Waals surface area contributed by atoms with Crippen molar-refractivity contribution in [2.75, 3.05) is 44.7 Å². The number of carbonyl (C=O) groups excluding carboxylic acids is 1. The zero-order valence-corrected chi connectivity index (χ0v) is 16.5. The molecule has 1 aromatic rings. The van der Waals surface area contributed by atoms with Crippen LogP contribution < -0.4 is 10.6 Å². The third-order valence-electron chi connectivity index (χ3n) is 5.95. The van der Waals surface area contributed by atoms with E-state index in [1.54, 1.807) is 0 Å². The summed E-state index contributed by atoms with van der Waals surface area (Å²) in [5.41, 5.74) is 7.96. The van der Waals surface area contributed by atoms with Gasteiger partial charge in [-0.1, -0.05) is 6.92 Å². The molecule has 0 saturated carbocycles. The van der Waals surface area contributed by atoms with Crippen LogP contribution in [0.15, 0.2) is 0 Å². The molecule has 144 valence electrons. The summed E-state index contributed by atoms with van der Waals surface area (Å²) in [7, 11) is 1.89. The zero-order chi connectivity index (χ0) is 18.8. The van der Waals surface area contributed by atoms with E-state index in [4.69, 9.17) is 5.73 Å². The second-order valence-corrected chi connectivity index (χ2v) is 7.66. The second kappa shape index (κ2) is 7.88. The van der Waals surface area contributed by atoms with E-state index in [2.05, 4.69) is 26.7 Å². The number of amides is 1. The van der Waals surface area contributed by atoms with Gasteiger partial charge in [0.2, 0.25) is 5.82 Å². The van der Waals surface area contributed by atoms with E-state index >= 15 is 0 Å². The molecular weight excluding hydrogens is 328 g/mol. The fourth-order valence-electron chi connectivity index (χ4n) is 3.94. The Bertz CT molecular complexity index is 656. The molecule has 0 aliphatic carbocycles. The average molecular weight is 361 g/mol. The molecule has 2 aliphatic heterocycles. The highest BCUT2D eigenvalue weighted by atomic mass is 16.2. The van der Waals surface area contributed by atoms with Crippen LogP contribution in [0, 0.1) is 13.8 Å². The van der Waals surface area contributed by atoms with Crippen LogP contribution in [0.3, 0.4) is 0 Å². The van der Waals surface area contributed by atoms with Gasteiger partial charge in [-0.3, -0.25) is 4.79 Å². The fourth-order valence-corrected chi connectivity index (χ4v) is 3.94. The Hall–Kier alpha value is -1.73. The van der Waals surface area contributed by atoms with E-state index < -0.39 is 0 Å². The summed E-state index contributed by atoms with van der Waals surface area (Å²) in [5.74, 6) is 1.10. The lowest BCUT2D eigenvalue weighted by Crippen LogP contribution is -2.46. The van der Waals surface area contributed by atoms with Crippen molar-refractivity contribution in [3.05, 3.63) is 17.1 Å². The highest BCUT2D eigenvalue weighted by molar-refractivity contribution is 5.91. The molecule has 3 rings (SSSR count). The number of aryl methyl sites for hydroxylation is 1. The summed E-state index contributed by atoms with van der Waals surface area (Å²) in [4.78, 5) is 28.6. The highest BCUT2D eigenvalue weighted by Crippen LogP contribution is 2.24. The Labute approximate surface area is 156 Å². The van der Waals surface area contributed by atoms with Gasteiger partial charge in [-0.25, -0.2) is 9.97 Å². The molecule has 0 radical (unpaired) electrons. The summed E-state index contributed by atoms with van der Waals surface area (Å²) in [6, 6.07) is 0.439. The van der Waals surface area contributed by atoms with Crippen LogP contribution in [0.4, 0.5) is 5.82 Å². The van der Waals surface area contributed by atoms with Gasteiger partial charge >= 0.3 is 0 Å². The lowest BCUT2D eigenvalue weighted by molar-refractivity contribution is 0.0634. The van der Waals surface area contributed by atoms with Crippen molar-refractivity contribution in [1.82, 2.24) is 19.8 Å². The lowest BCUT2D eigenvalue weighted by atomic mass is 10.0. The predicted octanol–water partition coefficient (Wildman–Crippen LogP) is 1.19. The van der Waals surface area contributed by atoms with E-state index in [0.29, 0.717) is 5.82 Å². The van der Waals surface area contributed by atoms with Gasteiger partial charge in [-0.05, 0) is 39.7 Å². The number of anilines is 1. The minimum absolute atomic E-state index is 0.0761. The van der Waals surface area contributed by atoms with Gasteiger partial charge in [0.15, 0.2) is 0 Å². The molecule has 0 spiro atoms. The maximum atomic E-state index is 13.0. The second-order valence-electron chi connectivity index (χ2n) is 7.66. The number of nitrogens with zero attached hydrogens (tertiary/aromatic N) is 5. The smallest absolute Gasteiger partial charge is 0.291 e. The van der Waals surface area contributed by atoms with Crippen LogP contribution in [0.5, 0.6) is 0 Å². The molecule has 2 N–H and O–H groups in total. The summed E-state index contributed by atoms with van der Waals surface area (Å²) < 4.78 is 0. The summed E-state index contributed by atoms with van der Waals surface area (Å²) in [6.07, 6.45) is 2.98. The normalized spacial score (nSPS) is 22.0. The molecule has 7 heteroatoms. The van der Waals surface area contributed by atoms with E-state index in [-0.39, 0.29) is 18.0 Å². The van der Waals surface area contributed by atoms with Gasteiger partial charge in [0, 0.05) is 56.6 Å². The van der Waals surface area contributed by atoms with Crippen molar-refractivity contribution in [3.8, 4) is 0 Å². The Morgan fingerprint density at radius 1 is 1.19 bits per heavy atom. The molecule has 2 aliphatic rings. The Kier molecular flexibility index (Phi) is 5.77. The predicted molar refractivity (Wildman–Crippen MR) is 104 cm³/mol. The minimum Gasteiger partial charge on any atom is -0.355 e. The number of aromatic nitrogens is 2. The quantitative estimate of drug-likeness (QED) is 0.869. The van der Waals surface area contributed by atoms with Crippen LogP contribution in [-0.2, 0) is 0 Å². The zero-order valence-electron chi connectivity index (χ0n) is 16.5. The van der Waals surface area contributed by atoms with Gasteiger partial charge < -0.3 is 20.4 Å². The molecule has 3 heterocycles. The van der Waals surface area contributed by atoms with Crippen LogP contribution >= 0.6 is 0 Å². The number of piperidine rings is 1. The molecule has 0 bridgehead atoms. The van der Waals surface area contributed by atoms with Crippen LogP contribution in [0.25, 0.3) is 0 Å². The molecule has 0 aromatic carbocycles. The first-order valence-electron chi connectivity index (χ1n) is 9.76. The van der Waals surface area contributed by atoms with Gasteiger partial charge in [0.05, 0.1) is 0 Å². The standard InChI is InChI=1S/C19H32N6O/c1-5-24-9-7-16(8-10-24)23(4)19(26)17-21-14(3)13(2)18(22-17)25-11-6-15(20)12-25/h15-16H,5-12,20H2,1-4H3/t15-/m1/s1. The monoisotopic (exact) mass is 360 g/mol. The minimum atomic E-state index is -0.0761. The van der Waals surface area contributed by atoms with Gasteiger partial charge in [0.1, 0.15) is 5.82 Å². The molecular formula is C19H32N6O. The number of carbonyl (C=O) groups is 1. The number of nitrogens with two attached hydrogens (primary N) is 1. The van der Waals surface area contributed by atoms with Crippen molar-refractivity contribution >= 4 is 11.7 Å². The molecule has 2 saturated heterocycles. The summed E-state index contributed by atoms with van der Waals surface area (Å²) in [5, 5.41) is 0. The van der Waals surface area contributed by atoms with Crippen molar-refractivity contribution in [2.24, 2.45) is 5.73 Å². The number of rotatable bonds is 4. The maximum absolute atomic E-state index is 13.0. The van der Waals surface area contributed by atoms with Crippen molar-refractivity contribution in [1.29, 1.82) is 0 Å². The number of likely N-dealkylation sites (tertiary alicyclic amines) is 1. The van der Waals surface area contributed by atoms with E-state index in [0.717, 1.165) is 69.1 Å². The van der Waals surface area contributed by atoms with Gasteiger partial charge in [0.25, 0.3) is 5.91 Å². The first kappa shape index (κ1) is 19.0. The lowest BCUT2D eigenvalue weighted by Gasteiger charge is -2.36. The first-order valence-corrected chi connectivity index (χ1v) is 9.76. The molecule has 1 amide bonds. The molecule has 26 heavy (non-hydrogen) atoms. The number of hydrogen-bond donors (Lipinski definition) is 1. The van der Waals surface area contributed by atoms with Crippen LogP contribution in [0.2, 0.25) is 0 Å². The molecule has 7 nitrogen and oxygen atoms in total. The molecule has 0 unspecified atom stereocenters.